The summed E-state index contributed by atoms with van der Waals surface area (Å²) in [5.41, 5.74) is 1.58. The number of nitrogens with one attached hydrogen (secondary N) is 1. The van der Waals surface area contributed by atoms with E-state index in [1.54, 1.807) is 0 Å². The van der Waals surface area contributed by atoms with Crippen LogP contribution in [0.25, 0.3) is 10.9 Å². The molecule has 1 heterocycles. The van der Waals surface area contributed by atoms with Gasteiger partial charge in [0.15, 0.2) is 0 Å². The summed E-state index contributed by atoms with van der Waals surface area (Å²) in [6.07, 6.45) is 3.66. The second-order valence-electron chi connectivity index (χ2n) is 5.44. The van der Waals surface area contributed by atoms with Gasteiger partial charge in [0.05, 0.1) is 17.1 Å². The van der Waals surface area contributed by atoms with E-state index in [4.69, 9.17) is 0 Å². The Balaban J connectivity index is 1.94. The van der Waals surface area contributed by atoms with Crippen LogP contribution in [0.5, 0.6) is 0 Å². The molecule has 0 radical (unpaired) electrons. The van der Waals surface area contributed by atoms with E-state index >= 15 is 0 Å². The van der Waals surface area contributed by atoms with Gasteiger partial charge in [0.25, 0.3) is 0 Å². The van der Waals surface area contributed by atoms with E-state index in [0.29, 0.717) is 11.6 Å². The molecule has 1 N–H and O–H groups in total. The number of nitrogens with zero attached hydrogens (tertiary/aromatic N) is 2. The largest absolute Gasteiger partial charge is 0.367 e. The fourth-order valence-corrected chi connectivity index (χ4v) is 2.89. The first-order chi connectivity index (χ1) is 9.26. The molecule has 2 atom stereocenters. The molecule has 0 amide bonds. The number of aromatic nitrogens is 1. The number of para-hydroxylation sites is 1. The lowest BCUT2D eigenvalue weighted by atomic mass is 10.1. The normalized spacial score (nSPS) is 22.3. The predicted molar refractivity (Wildman–Crippen MR) is 76.9 cm³/mol. The molecule has 0 aliphatic heterocycles. The lowest BCUT2D eigenvalue weighted by Gasteiger charge is -2.14. The van der Waals surface area contributed by atoms with Crippen LogP contribution in [0, 0.1) is 17.2 Å². The lowest BCUT2D eigenvalue weighted by Crippen LogP contribution is -2.16. The zero-order valence-corrected chi connectivity index (χ0v) is 11.1. The summed E-state index contributed by atoms with van der Waals surface area (Å²) in [7, 11) is 0. The van der Waals surface area contributed by atoms with Gasteiger partial charge >= 0.3 is 0 Å². The molecule has 19 heavy (non-hydrogen) atoms. The van der Waals surface area contributed by atoms with Gasteiger partial charge in [0.2, 0.25) is 0 Å². The van der Waals surface area contributed by atoms with E-state index in [-0.39, 0.29) is 0 Å². The maximum Gasteiger partial charge on any atom is 0.128 e. The molecule has 1 fully saturated rings. The average molecular weight is 251 g/mol. The molecular weight excluding hydrogens is 234 g/mol. The van der Waals surface area contributed by atoms with Gasteiger partial charge in [-0.3, -0.25) is 0 Å². The summed E-state index contributed by atoms with van der Waals surface area (Å²) in [6.45, 7) is 2.29. The van der Waals surface area contributed by atoms with Crippen molar-refractivity contribution in [2.45, 2.75) is 32.2 Å². The van der Waals surface area contributed by atoms with Gasteiger partial charge in [-0.05, 0) is 37.3 Å². The van der Waals surface area contributed by atoms with Crippen LogP contribution in [0.3, 0.4) is 0 Å². The number of nitriles is 1. The summed E-state index contributed by atoms with van der Waals surface area (Å²) in [5.74, 6) is 1.61. The highest BCUT2D eigenvalue weighted by Gasteiger charge is 2.21. The first-order valence-corrected chi connectivity index (χ1v) is 6.82. The molecule has 1 aliphatic rings. The predicted octanol–water partition coefficient (Wildman–Crippen LogP) is 3.71. The summed E-state index contributed by atoms with van der Waals surface area (Å²) >= 11 is 0. The van der Waals surface area contributed by atoms with Crippen molar-refractivity contribution >= 4 is 16.7 Å². The van der Waals surface area contributed by atoms with Crippen molar-refractivity contribution in [1.82, 2.24) is 4.98 Å². The molecular formula is C16H17N3. The van der Waals surface area contributed by atoms with Gasteiger partial charge in [-0.15, -0.1) is 0 Å². The number of benzene rings is 1. The number of pyridine rings is 1. The molecule has 3 rings (SSSR count). The zero-order valence-electron chi connectivity index (χ0n) is 11.1. The van der Waals surface area contributed by atoms with Crippen LogP contribution in [-0.4, -0.2) is 11.0 Å². The fourth-order valence-electron chi connectivity index (χ4n) is 2.89. The summed E-state index contributed by atoms with van der Waals surface area (Å²) < 4.78 is 0. The van der Waals surface area contributed by atoms with Crippen molar-refractivity contribution in [3.63, 3.8) is 0 Å². The number of hydrogen-bond donors (Lipinski definition) is 1. The molecule has 1 aliphatic carbocycles. The van der Waals surface area contributed by atoms with Crippen LogP contribution in [0.1, 0.15) is 31.7 Å². The van der Waals surface area contributed by atoms with Gasteiger partial charge in [-0.1, -0.05) is 25.1 Å². The van der Waals surface area contributed by atoms with Crippen molar-refractivity contribution in [1.29, 1.82) is 5.26 Å². The Kier molecular flexibility index (Phi) is 3.08. The van der Waals surface area contributed by atoms with Crippen molar-refractivity contribution in [2.24, 2.45) is 5.92 Å². The topological polar surface area (TPSA) is 48.7 Å². The van der Waals surface area contributed by atoms with Crippen LogP contribution < -0.4 is 5.32 Å². The number of fused-ring (bicyclic) bond motifs is 1. The van der Waals surface area contributed by atoms with Gasteiger partial charge in [-0.25, -0.2) is 4.98 Å². The van der Waals surface area contributed by atoms with Crippen molar-refractivity contribution in [3.8, 4) is 6.07 Å². The molecule has 96 valence electrons. The van der Waals surface area contributed by atoms with Gasteiger partial charge in [0.1, 0.15) is 5.82 Å². The Hall–Kier alpha value is -2.08. The van der Waals surface area contributed by atoms with E-state index in [9.17, 15) is 5.26 Å². The van der Waals surface area contributed by atoms with Gasteiger partial charge in [-0.2, -0.15) is 5.26 Å². The quantitative estimate of drug-likeness (QED) is 0.885. The number of hydrogen-bond acceptors (Lipinski definition) is 3. The zero-order chi connectivity index (χ0) is 13.2. The second kappa shape index (κ2) is 4.89. The van der Waals surface area contributed by atoms with Crippen LogP contribution in [0.15, 0.2) is 30.3 Å². The second-order valence-corrected chi connectivity index (χ2v) is 5.44. The van der Waals surface area contributed by atoms with E-state index in [1.165, 1.54) is 19.3 Å². The van der Waals surface area contributed by atoms with Crippen LogP contribution in [0.4, 0.5) is 5.82 Å². The minimum absolute atomic E-state index is 0.496. The molecule has 3 nitrogen and oxygen atoms in total. The molecule has 2 unspecified atom stereocenters. The molecule has 2 aromatic rings. The summed E-state index contributed by atoms with van der Waals surface area (Å²) in [5, 5.41) is 13.7. The Bertz CT molecular complexity index is 642. The van der Waals surface area contributed by atoms with E-state index in [1.807, 2.05) is 30.3 Å². The molecule has 0 saturated heterocycles. The van der Waals surface area contributed by atoms with E-state index < -0.39 is 0 Å². The first-order valence-electron chi connectivity index (χ1n) is 6.82. The molecule has 1 saturated carbocycles. The molecule has 1 aromatic heterocycles. The van der Waals surface area contributed by atoms with Crippen molar-refractivity contribution in [2.75, 3.05) is 5.32 Å². The average Bonchev–Trinajstić information content (AvgIpc) is 2.83. The van der Waals surface area contributed by atoms with Crippen LogP contribution >= 0.6 is 0 Å². The summed E-state index contributed by atoms with van der Waals surface area (Å²) in [4.78, 5) is 4.61. The number of rotatable bonds is 2. The highest BCUT2D eigenvalue weighted by Crippen LogP contribution is 2.28. The van der Waals surface area contributed by atoms with Gasteiger partial charge < -0.3 is 5.32 Å². The smallest absolute Gasteiger partial charge is 0.128 e. The molecule has 0 spiro atoms. The van der Waals surface area contributed by atoms with Crippen molar-refractivity contribution in [3.05, 3.63) is 35.9 Å². The molecule has 3 heteroatoms. The Morgan fingerprint density at radius 3 is 2.89 bits per heavy atom. The summed E-state index contributed by atoms with van der Waals surface area (Å²) in [6, 6.07) is 12.4. The monoisotopic (exact) mass is 251 g/mol. The van der Waals surface area contributed by atoms with Gasteiger partial charge in [0, 0.05) is 11.4 Å². The molecule has 0 bridgehead atoms. The minimum Gasteiger partial charge on any atom is -0.367 e. The van der Waals surface area contributed by atoms with Crippen molar-refractivity contribution < 1.29 is 0 Å². The Morgan fingerprint density at radius 2 is 2.16 bits per heavy atom. The standard InChI is InChI=1S/C16H17N3/c1-11-6-7-13(8-11)18-16-9-12(10-17)14-4-2-3-5-15(14)19-16/h2-5,9,11,13H,6-8H2,1H3,(H,18,19). The van der Waals surface area contributed by atoms with Crippen LogP contribution in [0.2, 0.25) is 0 Å². The third-order valence-electron chi connectivity index (χ3n) is 3.88. The third-order valence-corrected chi connectivity index (χ3v) is 3.88. The highest BCUT2D eigenvalue weighted by molar-refractivity contribution is 5.86. The maximum atomic E-state index is 9.26. The third kappa shape index (κ3) is 2.39. The van der Waals surface area contributed by atoms with E-state index in [2.05, 4.69) is 23.3 Å². The Morgan fingerprint density at radius 1 is 1.32 bits per heavy atom. The number of anilines is 1. The lowest BCUT2D eigenvalue weighted by molar-refractivity contribution is 0.602. The maximum absolute atomic E-state index is 9.26. The highest BCUT2D eigenvalue weighted by atomic mass is 15.0. The Labute approximate surface area is 113 Å². The SMILES string of the molecule is CC1CCC(Nc2cc(C#N)c3ccccc3n2)C1. The minimum atomic E-state index is 0.496. The fraction of sp³-hybridized carbons (Fsp3) is 0.375. The first kappa shape index (κ1) is 12.0. The van der Waals surface area contributed by atoms with E-state index in [0.717, 1.165) is 22.6 Å². The van der Waals surface area contributed by atoms with Crippen LogP contribution in [-0.2, 0) is 0 Å². The molecule has 1 aromatic carbocycles.